The number of aryl methyl sites for hydroxylation is 1. The summed E-state index contributed by atoms with van der Waals surface area (Å²) < 4.78 is 0. The van der Waals surface area contributed by atoms with E-state index in [1.807, 2.05) is 0 Å². The van der Waals surface area contributed by atoms with Crippen LogP contribution >= 0.6 is 0 Å². The molecule has 1 heterocycles. The van der Waals surface area contributed by atoms with Gasteiger partial charge in [0.05, 0.1) is 6.67 Å². The standard InChI is InChI=1S/C16H27N3/c1-3-4-15-5-7-16(8-6-15)13-18(2)14-19-11-9-17-10-12-19/h5-8,17H,3-4,9-14H2,1-2H3. The molecule has 3 nitrogen and oxygen atoms in total. The molecule has 1 saturated heterocycles. The summed E-state index contributed by atoms with van der Waals surface area (Å²) in [5.74, 6) is 0. The Morgan fingerprint density at radius 2 is 1.74 bits per heavy atom. The van der Waals surface area contributed by atoms with Crippen molar-refractivity contribution in [2.75, 3.05) is 39.9 Å². The highest BCUT2D eigenvalue weighted by molar-refractivity contribution is 5.22. The minimum atomic E-state index is 1.04. The lowest BCUT2D eigenvalue weighted by Gasteiger charge is -2.31. The van der Waals surface area contributed by atoms with Crippen molar-refractivity contribution in [3.8, 4) is 0 Å². The van der Waals surface area contributed by atoms with E-state index < -0.39 is 0 Å². The number of nitrogens with zero attached hydrogens (tertiary/aromatic N) is 2. The summed E-state index contributed by atoms with van der Waals surface area (Å²) in [6.07, 6.45) is 2.42. The first-order valence-corrected chi connectivity index (χ1v) is 7.47. The molecule has 19 heavy (non-hydrogen) atoms. The van der Waals surface area contributed by atoms with Gasteiger partial charge in [0.25, 0.3) is 0 Å². The molecule has 1 aromatic rings. The van der Waals surface area contributed by atoms with Crippen LogP contribution in [-0.2, 0) is 13.0 Å². The van der Waals surface area contributed by atoms with Crippen LogP contribution < -0.4 is 5.32 Å². The highest BCUT2D eigenvalue weighted by atomic mass is 15.3. The Kier molecular flexibility index (Phi) is 5.83. The molecule has 0 radical (unpaired) electrons. The molecule has 0 aromatic heterocycles. The Morgan fingerprint density at radius 3 is 2.37 bits per heavy atom. The number of benzene rings is 1. The van der Waals surface area contributed by atoms with Crippen molar-refractivity contribution in [2.24, 2.45) is 0 Å². The number of piperazine rings is 1. The monoisotopic (exact) mass is 261 g/mol. The van der Waals surface area contributed by atoms with E-state index in [1.165, 1.54) is 37.1 Å². The van der Waals surface area contributed by atoms with Crippen LogP contribution in [0.4, 0.5) is 0 Å². The van der Waals surface area contributed by atoms with Gasteiger partial charge in [0, 0.05) is 32.7 Å². The fourth-order valence-electron chi connectivity index (χ4n) is 2.66. The molecule has 0 unspecified atom stereocenters. The average Bonchev–Trinajstić information content (AvgIpc) is 2.42. The van der Waals surface area contributed by atoms with E-state index >= 15 is 0 Å². The first-order chi connectivity index (χ1) is 9.28. The second-order valence-corrected chi connectivity index (χ2v) is 5.59. The maximum Gasteiger partial charge on any atom is 0.0507 e. The lowest BCUT2D eigenvalue weighted by molar-refractivity contribution is 0.135. The largest absolute Gasteiger partial charge is 0.314 e. The van der Waals surface area contributed by atoms with Gasteiger partial charge in [-0.15, -0.1) is 0 Å². The smallest absolute Gasteiger partial charge is 0.0507 e. The fraction of sp³-hybridized carbons (Fsp3) is 0.625. The summed E-state index contributed by atoms with van der Waals surface area (Å²) in [4.78, 5) is 4.92. The van der Waals surface area contributed by atoms with Gasteiger partial charge in [-0.2, -0.15) is 0 Å². The number of rotatable bonds is 6. The first-order valence-electron chi connectivity index (χ1n) is 7.47. The fourth-order valence-corrected chi connectivity index (χ4v) is 2.66. The zero-order valence-corrected chi connectivity index (χ0v) is 12.4. The van der Waals surface area contributed by atoms with Crippen molar-refractivity contribution in [1.29, 1.82) is 0 Å². The van der Waals surface area contributed by atoms with Gasteiger partial charge in [-0.05, 0) is 24.6 Å². The number of hydrogen-bond donors (Lipinski definition) is 1. The Hall–Kier alpha value is -0.900. The van der Waals surface area contributed by atoms with Gasteiger partial charge in [-0.25, -0.2) is 0 Å². The van der Waals surface area contributed by atoms with Gasteiger partial charge >= 0.3 is 0 Å². The average molecular weight is 261 g/mol. The van der Waals surface area contributed by atoms with E-state index in [4.69, 9.17) is 0 Å². The van der Waals surface area contributed by atoms with E-state index in [-0.39, 0.29) is 0 Å². The Labute approximate surface area is 117 Å². The van der Waals surface area contributed by atoms with Crippen molar-refractivity contribution in [3.63, 3.8) is 0 Å². The molecule has 3 heteroatoms. The highest BCUT2D eigenvalue weighted by Gasteiger charge is 2.11. The molecule has 1 fully saturated rings. The Morgan fingerprint density at radius 1 is 1.11 bits per heavy atom. The first kappa shape index (κ1) is 14.5. The third kappa shape index (κ3) is 4.94. The topological polar surface area (TPSA) is 18.5 Å². The zero-order chi connectivity index (χ0) is 13.5. The third-order valence-corrected chi connectivity index (χ3v) is 3.67. The van der Waals surface area contributed by atoms with Crippen LogP contribution in [-0.4, -0.2) is 49.7 Å². The van der Waals surface area contributed by atoms with E-state index in [0.29, 0.717) is 0 Å². The lowest BCUT2D eigenvalue weighted by atomic mass is 10.1. The second-order valence-electron chi connectivity index (χ2n) is 5.59. The molecular formula is C16H27N3. The van der Waals surface area contributed by atoms with E-state index in [1.54, 1.807) is 0 Å². The molecule has 1 aliphatic heterocycles. The van der Waals surface area contributed by atoms with E-state index in [2.05, 4.69) is 53.4 Å². The summed E-state index contributed by atoms with van der Waals surface area (Å²) in [6.45, 7) is 8.92. The minimum absolute atomic E-state index is 1.04. The second kappa shape index (κ2) is 7.63. The van der Waals surface area contributed by atoms with Gasteiger partial charge in [0.2, 0.25) is 0 Å². The number of hydrogen-bond acceptors (Lipinski definition) is 3. The van der Waals surface area contributed by atoms with Crippen LogP contribution in [0.15, 0.2) is 24.3 Å². The maximum absolute atomic E-state index is 3.40. The molecule has 0 spiro atoms. The summed E-state index contributed by atoms with van der Waals surface area (Å²) >= 11 is 0. The van der Waals surface area contributed by atoms with Crippen molar-refractivity contribution < 1.29 is 0 Å². The van der Waals surface area contributed by atoms with Crippen molar-refractivity contribution in [2.45, 2.75) is 26.3 Å². The zero-order valence-electron chi connectivity index (χ0n) is 12.4. The van der Waals surface area contributed by atoms with Crippen LogP contribution in [0.5, 0.6) is 0 Å². The van der Waals surface area contributed by atoms with E-state index in [9.17, 15) is 0 Å². The van der Waals surface area contributed by atoms with Crippen LogP contribution in [0.2, 0.25) is 0 Å². The SMILES string of the molecule is CCCc1ccc(CN(C)CN2CCNCC2)cc1. The highest BCUT2D eigenvalue weighted by Crippen LogP contribution is 2.09. The summed E-state index contributed by atoms with van der Waals surface area (Å²) in [5, 5.41) is 3.40. The molecular weight excluding hydrogens is 234 g/mol. The summed E-state index contributed by atoms with van der Waals surface area (Å²) in [5.41, 5.74) is 2.87. The minimum Gasteiger partial charge on any atom is -0.314 e. The molecule has 1 aliphatic rings. The Balaban J connectivity index is 1.78. The predicted octanol–water partition coefficient (Wildman–Crippen LogP) is 1.93. The predicted molar refractivity (Wildman–Crippen MR) is 81.2 cm³/mol. The third-order valence-electron chi connectivity index (χ3n) is 3.67. The van der Waals surface area contributed by atoms with Gasteiger partial charge in [-0.1, -0.05) is 37.6 Å². The van der Waals surface area contributed by atoms with Gasteiger partial charge in [0.1, 0.15) is 0 Å². The van der Waals surface area contributed by atoms with Gasteiger partial charge in [-0.3, -0.25) is 9.80 Å². The molecule has 2 rings (SSSR count). The van der Waals surface area contributed by atoms with Gasteiger partial charge < -0.3 is 5.32 Å². The molecule has 0 bridgehead atoms. The molecule has 0 saturated carbocycles. The van der Waals surface area contributed by atoms with Crippen molar-refractivity contribution in [1.82, 2.24) is 15.1 Å². The van der Waals surface area contributed by atoms with Crippen molar-refractivity contribution >= 4 is 0 Å². The Bertz CT molecular complexity index is 355. The maximum atomic E-state index is 3.40. The molecule has 0 atom stereocenters. The summed E-state index contributed by atoms with van der Waals surface area (Å²) in [7, 11) is 2.21. The molecule has 106 valence electrons. The van der Waals surface area contributed by atoms with Gasteiger partial charge in [0.15, 0.2) is 0 Å². The van der Waals surface area contributed by atoms with Crippen molar-refractivity contribution in [3.05, 3.63) is 35.4 Å². The normalized spacial score (nSPS) is 17.0. The lowest BCUT2D eigenvalue weighted by Crippen LogP contribution is -2.47. The summed E-state index contributed by atoms with van der Waals surface area (Å²) in [6, 6.07) is 9.10. The van der Waals surface area contributed by atoms with Crippen LogP contribution in [0.3, 0.4) is 0 Å². The van der Waals surface area contributed by atoms with Crippen LogP contribution in [0.1, 0.15) is 24.5 Å². The molecule has 1 aromatic carbocycles. The molecule has 0 aliphatic carbocycles. The number of nitrogens with one attached hydrogen (secondary N) is 1. The molecule has 1 N–H and O–H groups in total. The quantitative estimate of drug-likeness (QED) is 0.844. The van der Waals surface area contributed by atoms with Crippen LogP contribution in [0, 0.1) is 0 Å². The van der Waals surface area contributed by atoms with E-state index in [0.717, 1.165) is 26.3 Å². The van der Waals surface area contributed by atoms with Crippen LogP contribution in [0.25, 0.3) is 0 Å². The molecule has 0 amide bonds.